The molecule has 2 aromatic carbocycles. The number of aliphatic hydroxyl groups excluding tert-OH is 1. The fourth-order valence-corrected chi connectivity index (χ4v) is 4.81. The van der Waals surface area contributed by atoms with E-state index in [1.807, 2.05) is 36.4 Å². The van der Waals surface area contributed by atoms with Gasteiger partial charge in [-0.1, -0.05) is 30.8 Å². The number of carboxylic acids is 1. The molecule has 0 saturated carbocycles. The van der Waals surface area contributed by atoms with Crippen LogP contribution in [0.5, 0.6) is 11.5 Å². The van der Waals surface area contributed by atoms with E-state index in [1.165, 1.54) is 0 Å². The number of ether oxygens (including phenoxy) is 2. The molecule has 0 radical (unpaired) electrons. The Labute approximate surface area is 205 Å². The van der Waals surface area contributed by atoms with Crippen molar-refractivity contribution in [2.45, 2.75) is 37.1 Å². The van der Waals surface area contributed by atoms with Gasteiger partial charge in [0, 0.05) is 29.7 Å². The van der Waals surface area contributed by atoms with Crippen molar-refractivity contribution in [3.8, 4) is 22.6 Å². The largest absolute Gasteiger partial charge is 0.496 e. The lowest BCUT2D eigenvalue weighted by Gasteiger charge is -2.22. The van der Waals surface area contributed by atoms with Gasteiger partial charge in [-0.2, -0.15) is 11.8 Å². The fraction of sp³-hybridized carbons (Fsp3) is 0.423. The second-order valence-electron chi connectivity index (χ2n) is 8.26. The highest BCUT2D eigenvalue weighted by molar-refractivity contribution is 7.98. The highest BCUT2D eigenvalue weighted by Gasteiger charge is 2.24. The quantitative estimate of drug-likeness (QED) is 0.320. The van der Waals surface area contributed by atoms with Gasteiger partial charge < -0.3 is 30.3 Å². The topological polar surface area (TPSA) is 100 Å². The van der Waals surface area contributed by atoms with Gasteiger partial charge in [0.25, 0.3) is 0 Å². The first-order valence-corrected chi connectivity index (χ1v) is 12.6. The lowest BCUT2D eigenvalue weighted by Crippen LogP contribution is -2.42. The first-order chi connectivity index (χ1) is 16.5. The number of thioether (sulfide) groups is 1. The Kier molecular flexibility index (Phi) is 9.68. The van der Waals surface area contributed by atoms with Crippen LogP contribution in [0.1, 0.15) is 24.0 Å². The van der Waals surface area contributed by atoms with Crippen LogP contribution in [0.2, 0.25) is 0 Å². The number of aliphatic carboxylic acids is 1. The van der Waals surface area contributed by atoms with Crippen LogP contribution in [0, 0.1) is 0 Å². The van der Waals surface area contributed by atoms with Crippen molar-refractivity contribution >= 4 is 17.7 Å². The summed E-state index contributed by atoms with van der Waals surface area (Å²) in [6.07, 6.45) is 2.38. The fourth-order valence-electron chi connectivity index (χ4n) is 4.14. The Morgan fingerprint density at radius 2 is 1.88 bits per heavy atom. The summed E-state index contributed by atoms with van der Waals surface area (Å²) in [7, 11) is 3.26. The number of carbonyl (C=O) groups is 1. The van der Waals surface area contributed by atoms with Crippen LogP contribution in [-0.2, 0) is 17.0 Å². The number of rotatable bonds is 13. The third-order valence-electron chi connectivity index (χ3n) is 5.89. The second kappa shape index (κ2) is 12.7. The summed E-state index contributed by atoms with van der Waals surface area (Å²) in [5.41, 5.74) is 4.46. The van der Waals surface area contributed by atoms with Crippen LogP contribution >= 0.6 is 11.8 Å². The third kappa shape index (κ3) is 6.68. The van der Waals surface area contributed by atoms with Gasteiger partial charge >= 0.3 is 5.97 Å². The molecule has 1 unspecified atom stereocenters. The van der Waals surface area contributed by atoms with Crippen molar-refractivity contribution in [2.24, 2.45) is 0 Å². The third-order valence-corrected chi connectivity index (χ3v) is 6.90. The van der Waals surface area contributed by atoms with E-state index in [0.717, 1.165) is 53.1 Å². The Morgan fingerprint density at radius 3 is 2.41 bits per heavy atom. The zero-order chi connectivity index (χ0) is 24.5. The highest BCUT2D eigenvalue weighted by Crippen LogP contribution is 2.40. The minimum atomic E-state index is -0.902. The molecule has 1 heterocycles. The highest BCUT2D eigenvalue weighted by atomic mass is 32.2. The summed E-state index contributed by atoms with van der Waals surface area (Å²) in [6.45, 7) is 5.12. The molecular formula is C26H34N2O5S. The van der Waals surface area contributed by atoms with Crippen LogP contribution in [-0.4, -0.2) is 61.4 Å². The predicted octanol–water partition coefficient (Wildman–Crippen LogP) is 3.45. The number of methoxy groups -OCH3 is 2. The van der Waals surface area contributed by atoms with Crippen molar-refractivity contribution in [3.05, 3.63) is 59.8 Å². The van der Waals surface area contributed by atoms with E-state index in [-0.39, 0.29) is 12.6 Å². The molecule has 3 rings (SSSR count). The van der Waals surface area contributed by atoms with Crippen molar-refractivity contribution in [1.29, 1.82) is 0 Å². The Hall–Kier alpha value is -2.68. The lowest BCUT2D eigenvalue weighted by molar-refractivity contribution is -0.139. The Bertz CT molecular complexity index is 949. The maximum atomic E-state index is 11.9. The molecule has 8 heteroatoms. The molecule has 1 aliphatic rings. The Morgan fingerprint density at radius 1 is 1.21 bits per heavy atom. The molecule has 0 aromatic heterocycles. The number of aliphatic hydroxyl groups is 1. The van der Waals surface area contributed by atoms with Crippen molar-refractivity contribution in [2.75, 3.05) is 33.1 Å². The van der Waals surface area contributed by atoms with E-state index in [9.17, 15) is 9.90 Å². The zero-order valence-corrected chi connectivity index (χ0v) is 20.6. The molecule has 0 amide bonds. The van der Waals surface area contributed by atoms with Crippen LogP contribution in [0.15, 0.2) is 48.7 Å². The van der Waals surface area contributed by atoms with E-state index in [4.69, 9.17) is 14.6 Å². The minimum absolute atomic E-state index is 0.120. The maximum Gasteiger partial charge on any atom is 0.326 e. The van der Waals surface area contributed by atoms with Crippen molar-refractivity contribution in [1.82, 2.24) is 10.6 Å². The Balaban J connectivity index is 1.77. The van der Waals surface area contributed by atoms with Gasteiger partial charge in [-0.15, -0.1) is 0 Å². The second-order valence-corrected chi connectivity index (χ2v) is 9.37. The minimum Gasteiger partial charge on any atom is -0.496 e. The molecule has 0 bridgehead atoms. The van der Waals surface area contributed by atoms with Crippen molar-refractivity contribution in [3.63, 3.8) is 0 Å². The molecule has 0 aliphatic carbocycles. The summed E-state index contributed by atoms with van der Waals surface area (Å²) < 4.78 is 11.3. The van der Waals surface area contributed by atoms with Gasteiger partial charge in [-0.05, 0) is 48.2 Å². The van der Waals surface area contributed by atoms with E-state index in [0.29, 0.717) is 23.7 Å². The van der Waals surface area contributed by atoms with Crippen LogP contribution < -0.4 is 20.1 Å². The molecular weight excluding hydrogens is 452 g/mol. The van der Waals surface area contributed by atoms with Crippen LogP contribution in [0.3, 0.4) is 0 Å². The molecule has 34 heavy (non-hydrogen) atoms. The molecule has 7 nitrogen and oxygen atoms in total. The van der Waals surface area contributed by atoms with Crippen LogP contribution in [0.4, 0.5) is 0 Å². The van der Waals surface area contributed by atoms with E-state index in [1.54, 1.807) is 26.0 Å². The van der Waals surface area contributed by atoms with Gasteiger partial charge in [0.2, 0.25) is 0 Å². The van der Waals surface area contributed by atoms with Gasteiger partial charge in [-0.3, -0.25) is 0 Å². The van der Waals surface area contributed by atoms with E-state index < -0.39 is 12.0 Å². The molecule has 1 fully saturated rings. The molecule has 184 valence electrons. The van der Waals surface area contributed by atoms with Gasteiger partial charge in [0.05, 0.1) is 26.4 Å². The summed E-state index contributed by atoms with van der Waals surface area (Å²) in [4.78, 5) is 11.9. The molecule has 2 atom stereocenters. The molecule has 0 spiro atoms. The van der Waals surface area contributed by atoms with Gasteiger partial charge in [0.15, 0.2) is 0 Å². The predicted molar refractivity (Wildman–Crippen MR) is 137 cm³/mol. The maximum absolute atomic E-state index is 11.9. The SMILES string of the molecule is C=C(N[C@@H](Cc1ccc(-c2c(OC)cc(CSCCO)cc2OC)cc1)C(=O)O)C1CCCN1. The van der Waals surface area contributed by atoms with Gasteiger partial charge in [0.1, 0.15) is 17.5 Å². The molecule has 1 aliphatic heterocycles. The van der Waals surface area contributed by atoms with Crippen molar-refractivity contribution < 1.29 is 24.5 Å². The summed E-state index contributed by atoms with van der Waals surface area (Å²) in [5.74, 6) is 1.93. The molecule has 2 aromatic rings. The smallest absolute Gasteiger partial charge is 0.326 e. The summed E-state index contributed by atoms with van der Waals surface area (Å²) >= 11 is 1.64. The van der Waals surface area contributed by atoms with Crippen LogP contribution in [0.25, 0.3) is 11.1 Å². The average Bonchev–Trinajstić information content (AvgIpc) is 3.39. The normalized spacial score (nSPS) is 16.1. The standard InChI is InChI=1S/C26H34N2O5S/c1-17(21-5-4-10-27-21)28-22(26(30)31)13-18-6-8-20(9-7-18)25-23(32-2)14-19(15-24(25)33-3)16-34-12-11-29/h6-9,14-15,21-22,27-29H,1,4-5,10-13,16H2,2-3H3,(H,30,31)/t21?,22-/m0/s1. The first kappa shape index (κ1) is 25.9. The number of hydrogen-bond acceptors (Lipinski definition) is 7. The summed E-state index contributed by atoms with van der Waals surface area (Å²) in [6, 6.07) is 11.1. The number of carboxylic acid groups (broad SMARTS) is 1. The van der Waals surface area contributed by atoms with Gasteiger partial charge in [-0.25, -0.2) is 4.79 Å². The van der Waals surface area contributed by atoms with E-state index in [2.05, 4.69) is 17.2 Å². The molecule has 1 saturated heterocycles. The lowest BCUT2D eigenvalue weighted by atomic mass is 9.98. The number of nitrogens with one attached hydrogen (secondary N) is 2. The zero-order valence-electron chi connectivity index (χ0n) is 19.8. The monoisotopic (exact) mass is 486 g/mol. The number of benzene rings is 2. The molecule has 4 N–H and O–H groups in total. The number of hydrogen-bond donors (Lipinski definition) is 4. The van der Waals surface area contributed by atoms with E-state index >= 15 is 0 Å². The summed E-state index contributed by atoms with van der Waals surface area (Å²) in [5, 5.41) is 25.2. The first-order valence-electron chi connectivity index (χ1n) is 11.4. The average molecular weight is 487 g/mol.